The fourth-order valence-electron chi connectivity index (χ4n) is 4.43. The van der Waals surface area contributed by atoms with Crippen LogP contribution in [0.5, 0.6) is 0 Å². The molecular formula is C26H28N2O2S. The highest BCUT2D eigenvalue weighted by atomic mass is 32.1. The number of carbonyl (C=O) groups is 2. The lowest BCUT2D eigenvalue weighted by molar-refractivity contribution is -0.129. The summed E-state index contributed by atoms with van der Waals surface area (Å²) in [6, 6.07) is 19.7. The van der Waals surface area contributed by atoms with E-state index in [2.05, 4.69) is 24.4 Å². The molecule has 3 aromatic rings. The summed E-state index contributed by atoms with van der Waals surface area (Å²) in [5.74, 6) is -0.235. The van der Waals surface area contributed by atoms with E-state index in [1.807, 2.05) is 72.7 Å². The van der Waals surface area contributed by atoms with Gasteiger partial charge in [0.1, 0.15) is 0 Å². The molecule has 0 spiro atoms. The average Bonchev–Trinajstić information content (AvgIpc) is 3.29. The smallest absolute Gasteiger partial charge is 0.227 e. The molecule has 1 saturated heterocycles. The number of hydrogen-bond donors (Lipinski definition) is 1. The van der Waals surface area contributed by atoms with Gasteiger partial charge in [0.05, 0.1) is 18.0 Å². The van der Waals surface area contributed by atoms with Crippen LogP contribution in [0.3, 0.4) is 0 Å². The molecule has 1 aliphatic rings. The molecule has 160 valence electrons. The van der Waals surface area contributed by atoms with Crippen molar-refractivity contribution in [1.29, 1.82) is 0 Å². The lowest BCUT2D eigenvalue weighted by atomic mass is 9.86. The predicted molar refractivity (Wildman–Crippen MR) is 126 cm³/mol. The van der Waals surface area contributed by atoms with Crippen molar-refractivity contribution in [2.75, 3.05) is 4.90 Å². The van der Waals surface area contributed by atoms with Crippen molar-refractivity contribution in [3.63, 3.8) is 0 Å². The summed E-state index contributed by atoms with van der Waals surface area (Å²) in [7, 11) is 0. The topological polar surface area (TPSA) is 49.4 Å². The van der Waals surface area contributed by atoms with Crippen molar-refractivity contribution < 1.29 is 9.59 Å². The Kier molecular flexibility index (Phi) is 6.23. The van der Waals surface area contributed by atoms with Crippen molar-refractivity contribution in [3.05, 3.63) is 87.6 Å². The number of nitrogens with one attached hydrogen (secondary N) is 1. The van der Waals surface area contributed by atoms with E-state index in [4.69, 9.17) is 0 Å². The Morgan fingerprint density at radius 1 is 1.06 bits per heavy atom. The first-order valence-electron chi connectivity index (χ1n) is 10.7. The number of benzene rings is 2. The molecule has 2 amide bonds. The van der Waals surface area contributed by atoms with Crippen LogP contribution in [0.2, 0.25) is 0 Å². The molecule has 2 heterocycles. The van der Waals surface area contributed by atoms with Crippen molar-refractivity contribution in [3.8, 4) is 0 Å². The van der Waals surface area contributed by atoms with Gasteiger partial charge in [0, 0.05) is 17.0 Å². The lowest BCUT2D eigenvalue weighted by Gasteiger charge is -2.40. The lowest BCUT2D eigenvalue weighted by Crippen LogP contribution is -2.48. The van der Waals surface area contributed by atoms with Gasteiger partial charge in [-0.25, -0.2) is 0 Å². The Bertz CT molecular complexity index is 1060. The van der Waals surface area contributed by atoms with Gasteiger partial charge in [-0.05, 0) is 61.9 Å². The standard InChI is InChI=1S/C26H28N2O2S/c1-17-10-12-20(13-11-17)28-24(29)15-14-22(25(28)23-9-6-16-31-23)26(30)27-19(3)21-8-5-4-7-18(21)2/h4-13,16,19,22,25H,14-15H2,1-3H3,(H,27,30). The van der Waals surface area contributed by atoms with Gasteiger partial charge in [-0.3, -0.25) is 9.59 Å². The number of amides is 2. The molecule has 2 aromatic carbocycles. The molecular weight excluding hydrogens is 404 g/mol. The highest BCUT2D eigenvalue weighted by Crippen LogP contribution is 2.42. The molecule has 0 aliphatic carbocycles. The molecule has 31 heavy (non-hydrogen) atoms. The Morgan fingerprint density at radius 3 is 2.48 bits per heavy atom. The van der Waals surface area contributed by atoms with Crippen LogP contribution in [-0.2, 0) is 9.59 Å². The predicted octanol–water partition coefficient (Wildman–Crippen LogP) is 5.73. The molecule has 5 heteroatoms. The molecule has 4 nitrogen and oxygen atoms in total. The van der Waals surface area contributed by atoms with Gasteiger partial charge in [0.25, 0.3) is 0 Å². The van der Waals surface area contributed by atoms with Crippen LogP contribution in [-0.4, -0.2) is 11.8 Å². The molecule has 4 rings (SSSR count). The van der Waals surface area contributed by atoms with Crippen LogP contribution < -0.4 is 10.2 Å². The van der Waals surface area contributed by atoms with E-state index in [-0.39, 0.29) is 29.8 Å². The Labute approximate surface area is 187 Å². The summed E-state index contributed by atoms with van der Waals surface area (Å²) >= 11 is 1.60. The molecule has 1 N–H and O–H groups in total. The quantitative estimate of drug-likeness (QED) is 0.560. The van der Waals surface area contributed by atoms with Gasteiger partial charge in [-0.1, -0.05) is 48.0 Å². The molecule has 1 fully saturated rings. The third kappa shape index (κ3) is 4.42. The summed E-state index contributed by atoms with van der Waals surface area (Å²) in [5, 5.41) is 5.23. The highest BCUT2D eigenvalue weighted by molar-refractivity contribution is 7.10. The molecule has 0 radical (unpaired) electrons. The second-order valence-corrected chi connectivity index (χ2v) is 9.27. The Balaban J connectivity index is 1.65. The van der Waals surface area contributed by atoms with E-state index >= 15 is 0 Å². The number of carbonyl (C=O) groups excluding carboxylic acids is 2. The van der Waals surface area contributed by atoms with E-state index in [1.54, 1.807) is 11.3 Å². The number of aryl methyl sites for hydroxylation is 2. The van der Waals surface area contributed by atoms with E-state index in [1.165, 1.54) is 0 Å². The molecule has 0 saturated carbocycles. The number of nitrogens with zero attached hydrogens (tertiary/aromatic N) is 1. The third-order valence-corrected chi connectivity index (χ3v) is 7.04. The van der Waals surface area contributed by atoms with E-state index in [0.29, 0.717) is 12.8 Å². The Morgan fingerprint density at radius 2 is 1.81 bits per heavy atom. The van der Waals surface area contributed by atoms with E-state index < -0.39 is 0 Å². The summed E-state index contributed by atoms with van der Waals surface area (Å²) in [5.41, 5.74) is 4.26. The summed E-state index contributed by atoms with van der Waals surface area (Å²) in [4.78, 5) is 29.4. The van der Waals surface area contributed by atoms with Gasteiger partial charge in [-0.15, -0.1) is 11.3 Å². The van der Waals surface area contributed by atoms with E-state index in [0.717, 1.165) is 27.3 Å². The number of thiophene rings is 1. The van der Waals surface area contributed by atoms with Crippen LogP contribution in [0.4, 0.5) is 5.69 Å². The maximum atomic E-state index is 13.5. The zero-order valence-electron chi connectivity index (χ0n) is 18.2. The SMILES string of the molecule is Cc1ccc(N2C(=O)CCC(C(=O)NC(C)c3ccccc3C)C2c2cccs2)cc1. The summed E-state index contributed by atoms with van der Waals surface area (Å²) in [6.45, 7) is 6.11. The van der Waals surface area contributed by atoms with Crippen molar-refractivity contribution >= 4 is 28.8 Å². The van der Waals surface area contributed by atoms with Gasteiger partial charge < -0.3 is 10.2 Å². The first-order valence-corrected chi connectivity index (χ1v) is 11.6. The van der Waals surface area contributed by atoms with Gasteiger partial charge in [0.2, 0.25) is 11.8 Å². The average molecular weight is 433 g/mol. The van der Waals surface area contributed by atoms with Crippen molar-refractivity contribution in [2.24, 2.45) is 5.92 Å². The molecule has 1 aliphatic heterocycles. The fourth-order valence-corrected chi connectivity index (χ4v) is 5.31. The van der Waals surface area contributed by atoms with Crippen LogP contribution >= 0.6 is 11.3 Å². The fraction of sp³-hybridized carbons (Fsp3) is 0.308. The minimum atomic E-state index is -0.302. The normalized spacial score (nSPS) is 19.8. The molecule has 1 aromatic heterocycles. The maximum absolute atomic E-state index is 13.5. The molecule has 3 unspecified atom stereocenters. The second kappa shape index (κ2) is 9.06. The van der Waals surface area contributed by atoms with Crippen LogP contribution in [0.25, 0.3) is 0 Å². The summed E-state index contributed by atoms with van der Waals surface area (Å²) in [6.07, 6.45) is 0.919. The van der Waals surface area contributed by atoms with Crippen LogP contribution in [0.15, 0.2) is 66.0 Å². The number of piperidine rings is 1. The third-order valence-electron chi connectivity index (χ3n) is 6.09. The largest absolute Gasteiger partial charge is 0.349 e. The van der Waals surface area contributed by atoms with Crippen LogP contribution in [0.1, 0.15) is 53.4 Å². The number of rotatable bonds is 5. The maximum Gasteiger partial charge on any atom is 0.227 e. The van der Waals surface area contributed by atoms with Gasteiger partial charge >= 0.3 is 0 Å². The van der Waals surface area contributed by atoms with Crippen molar-refractivity contribution in [1.82, 2.24) is 5.32 Å². The zero-order chi connectivity index (χ0) is 22.0. The van der Waals surface area contributed by atoms with Gasteiger partial charge in [0.15, 0.2) is 0 Å². The summed E-state index contributed by atoms with van der Waals surface area (Å²) < 4.78 is 0. The number of anilines is 1. The molecule has 3 atom stereocenters. The van der Waals surface area contributed by atoms with Crippen molar-refractivity contribution in [2.45, 2.75) is 45.7 Å². The first-order chi connectivity index (χ1) is 15.0. The van der Waals surface area contributed by atoms with Gasteiger partial charge in [-0.2, -0.15) is 0 Å². The van der Waals surface area contributed by atoms with E-state index in [9.17, 15) is 9.59 Å². The minimum Gasteiger partial charge on any atom is -0.349 e. The zero-order valence-corrected chi connectivity index (χ0v) is 19.0. The molecule has 0 bridgehead atoms. The minimum absolute atomic E-state index is 0.00114. The first kappa shape index (κ1) is 21.3. The highest BCUT2D eigenvalue weighted by Gasteiger charge is 2.42. The Hall–Kier alpha value is -2.92. The number of hydrogen-bond acceptors (Lipinski definition) is 3. The monoisotopic (exact) mass is 432 g/mol. The van der Waals surface area contributed by atoms with Crippen LogP contribution in [0, 0.1) is 19.8 Å². The second-order valence-electron chi connectivity index (χ2n) is 8.29.